The van der Waals surface area contributed by atoms with Gasteiger partial charge in [-0.2, -0.15) is 5.10 Å². The summed E-state index contributed by atoms with van der Waals surface area (Å²) >= 11 is 5.83. The molecule has 2 aromatic heterocycles. The zero-order valence-corrected chi connectivity index (χ0v) is 7.62. The zero-order valence-electron chi connectivity index (χ0n) is 6.86. The number of aryl methyl sites for hydroxylation is 1. The lowest BCUT2D eigenvalue weighted by molar-refractivity contribution is 0.111. The number of fused-ring (bicyclic) bond motifs is 1. The number of carbonyl (C=O) groups excluding carboxylic acids is 1. The van der Waals surface area contributed by atoms with E-state index in [4.69, 9.17) is 11.6 Å². The summed E-state index contributed by atoms with van der Waals surface area (Å²) in [4.78, 5) is 14.6. The molecule has 2 heterocycles. The summed E-state index contributed by atoms with van der Waals surface area (Å²) in [6.45, 7) is 1.89. The van der Waals surface area contributed by atoms with Crippen LogP contribution in [0.4, 0.5) is 0 Å². The van der Waals surface area contributed by atoms with Crippen molar-refractivity contribution in [2.24, 2.45) is 0 Å². The van der Waals surface area contributed by atoms with Gasteiger partial charge in [-0.15, -0.1) is 0 Å². The van der Waals surface area contributed by atoms with E-state index in [0.717, 1.165) is 5.56 Å². The van der Waals surface area contributed by atoms with E-state index in [1.807, 2.05) is 6.92 Å². The third kappa shape index (κ3) is 1.19. The molecule has 2 rings (SSSR count). The molecule has 2 aromatic rings. The molecular formula is C8H6ClN3O. The second kappa shape index (κ2) is 2.81. The van der Waals surface area contributed by atoms with Gasteiger partial charge in [0.2, 0.25) is 0 Å². The van der Waals surface area contributed by atoms with Crippen molar-refractivity contribution in [1.29, 1.82) is 0 Å². The normalized spacial score (nSPS) is 10.6. The van der Waals surface area contributed by atoms with Crippen LogP contribution in [0.1, 0.15) is 16.1 Å². The molecule has 66 valence electrons. The second-order valence-corrected chi connectivity index (χ2v) is 3.09. The molecule has 0 aliphatic carbocycles. The second-order valence-electron chi connectivity index (χ2n) is 2.72. The third-order valence-corrected chi connectivity index (χ3v) is 2.04. The van der Waals surface area contributed by atoms with Crippen LogP contribution >= 0.6 is 11.6 Å². The van der Waals surface area contributed by atoms with Crippen molar-refractivity contribution >= 4 is 23.5 Å². The van der Waals surface area contributed by atoms with Gasteiger partial charge >= 0.3 is 0 Å². The van der Waals surface area contributed by atoms with Crippen molar-refractivity contribution in [3.05, 3.63) is 28.7 Å². The highest BCUT2D eigenvalue weighted by atomic mass is 35.5. The largest absolute Gasteiger partial charge is 0.296 e. The van der Waals surface area contributed by atoms with E-state index in [2.05, 4.69) is 10.1 Å². The van der Waals surface area contributed by atoms with E-state index in [9.17, 15) is 4.79 Å². The maximum atomic E-state index is 10.5. The molecule has 13 heavy (non-hydrogen) atoms. The Bertz CT molecular complexity index is 477. The number of rotatable bonds is 1. The molecule has 5 heteroatoms. The first kappa shape index (κ1) is 8.19. The van der Waals surface area contributed by atoms with Gasteiger partial charge in [-0.1, -0.05) is 11.6 Å². The standard InChI is InChI=1S/C8H6ClN3O/c1-5-2-10-8-7(9)6(4-13)11-12(8)3-5/h2-4H,1H3. The Balaban J connectivity index is 2.83. The minimum absolute atomic E-state index is 0.222. The monoisotopic (exact) mass is 195 g/mol. The average Bonchev–Trinajstić information content (AvgIpc) is 2.42. The van der Waals surface area contributed by atoms with Gasteiger partial charge in [-0.25, -0.2) is 9.50 Å². The zero-order chi connectivity index (χ0) is 9.42. The van der Waals surface area contributed by atoms with Crippen molar-refractivity contribution in [2.75, 3.05) is 0 Å². The first-order chi connectivity index (χ1) is 6.22. The average molecular weight is 196 g/mol. The van der Waals surface area contributed by atoms with Gasteiger partial charge in [0, 0.05) is 12.4 Å². The Morgan fingerprint density at radius 3 is 3.08 bits per heavy atom. The Morgan fingerprint density at radius 1 is 1.62 bits per heavy atom. The maximum absolute atomic E-state index is 10.5. The van der Waals surface area contributed by atoms with E-state index in [-0.39, 0.29) is 5.69 Å². The summed E-state index contributed by atoms with van der Waals surface area (Å²) in [7, 11) is 0. The molecule has 0 aromatic carbocycles. The van der Waals surface area contributed by atoms with Gasteiger partial charge in [0.15, 0.2) is 11.9 Å². The van der Waals surface area contributed by atoms with Crippen LogP contribution in [0.2, 0.25) is 5.02 Å². The summed E-state index contributed by atoms with van der Waals surface area (Å²) < 4.78 is 1.50. The number of hydrogen-bond acceptors (Lipinski definition) is 3. The molecule has 0 fully saturated rings. The van der Waals surface area contributed by atoms with Gasteiger partial charge in [-0.3, -0.25) is 4.79 Å². The van der Waals surface area contributed by atoms with Gasteiger partial charge in [0.1, 0.15) is 10.7 Å². The molecule has 0 unspecified atom stereocenters. The first-order valence-corrected chi connectivity index (χ1v) is 4.06. The lowest BCUT2D eigenvalue weighted by Gasteiger charge is -1.92. The molecule has 0 aliphatic heterocycles. The Labute approximate surface area is 79.2 Å². The predicted molar refractivity (Wildman–Crippen MR) is 48.1 cm³/mol. The minimum Gasteiger partial charge on any atom is -0.296 e. The van der Waals surface area contributed by atoms with Crippen molar-refractivity contribution in [2.45, 2.75) is 6.92 Å². The Morgan fingerprint density at radius 2 is 2.38 bits per heavy atom. The molecule has 0 aliphatic rings. The number of halogens is 1. The fraction of sp³-hybridized carbons (Fsp3) is 0.125. The Hall–Kier alpha value is -1.42. The van der Waals surface area contributed by atoms with Crippen LogP contribution in [0, 0.1) is 6.92 Å². The third-order valence-electron chi connectivity index (χ3n) is 1.68. The Kier molecular flexibility index (Phi) is 1.77. The first-order valence-electron chi connectivity index (χ1n) is 3.68. The van der Waals surface area contributed by atoms with Crippen molar-refractivity contribution < 1.29 is 4.79 Å². The molecule has 0 saturated heterocycles. The lowest BCUT2D eigenvalue weighted by atomic mass is 10.4. The molecule has 0 amide bonds. The van der Waals surface area contributed by atoms with Crippen LogP contribution in [-0.2, 0) is 0 Å². The SMILES string of the molecule is Cc1cnc2c(Cl)c(C=O)nn2c1. The van der Waals surface area contributed by atoms with Crippen LogP contribution in [0.15, 0.2) is 12.4 Å². The molecule has 0 saturated carbocycles. The van der Waals surface area contributed by atoms with E-state index >= 15 is 0 Å². The van der Waals surface area contributed by atoms with Crippen LogP contribution in [-0.4, -0.2) is 20.9 Å². The van der Waals surface area contributed by atoms with Crippen LogP contribution in [0.25, 0.3) is 5.65 Å². The number of aldehydes is 1. The van der Waals surface area contributed by atoms with E-state index in [1.54, 1.807) is 12.4 Å². The molecule has 0 radical (unpaired) electrons. The van der Waals surface area contributed by atoms with Crippen molar-refractivity contribution in [1.82, 2.24) is 14.6 Å². The molecule has 0 N–H and O–H groups in total. The maximum Gasteiger partial charge on any atom is 0.174 e. The predicted octanol–water partition coefficient (Wildman–Crippen LogP) is 1.50. The van der Waals surface area contributed by atoms with Gasteiger partial charge in [-0.05, 0) is 12.5 Å². The van der Waals surface area contributed by atoms with Crippen LogP contribution < -0.4 is 0 Å². The number of hydrogen-bond donors (Lipinski definition) is 0. The van der Waals surface area contributed by atoms with Crippen LogP contribution in [0.5, 0.6) is 0 Å². The summed E-state index contributed by atoms with van der Waals surface area (Å²) in [5.74, 6) is 0. The number of aromatic nitrogens is 3. The summed E-state index contributed by atoms with van der Waals surface area (Å²) in [6, 6.07) is 0. The van der Waals surface area contributed by atoms with E-state index in [1.165, 1.54) is 4.52 Å². The number of nitrogens with zero attached hydrogens (tertiary/aromatic N) is 3. The summed E-state index contributed by atoms with van der Waals surface area (Å²) in [6.07, 6.45) is 4.06. The fourth-order valence-electron chi connectivity index (χ4n) is 1.09. The molecule has 0 atom stereocenters. The highest BCUT2D eigenvalue weighted by Gasteiger charge is 2.10. The molecule has 0 spiro atoms. The highest BCUT2D eigenvalue weighted by Crippen LogP contribution is 2.18. The smallest absolute Gasteiger partial charge is 0.174 e. The lowest BCUT2D eigenvalue weighted by Crippen LogP contribution is -1.90. The van der Waals surface area contributed by atoms with Crippen molar-refractivity contribution in [3.63, 3.8) is 0 Å². The summed E-state index contributed by atoms with van der Waals surface area (Å²) in [5, 5.41) is 4.25. The van der Waals surface area contributed by atoms with Gasteiger partial charge < -0.3 is 0 Å². The number of carbonyl (C=O) groups is 1. The van der Waals surface area contributed by atoms with Gasteiger partial charge in [0.05, 0.1) is 0 Å². The summed E-state index contributed by atoms with van der Waals surface area (Å²) in [5.41, 5.74) is 1.69. The minimum atomic E-state index is 0.222. The fourth-order valence-corrected chi connectivity index (χ4v) is 1.31. The van der Waals surface area contributed by atoms with Gasteiger partial charge in [0.25, 0.3) is 0 Å². The molecular weight excluding hydrogens is 190 g/mol. The van der Waals surface area contributed by atoms with E-state index in [0.29, 0.717) is 17.0 Å². The topological polar surface area (TPSA) is 47.3 Å². The van der Waals surface area contributed by atoms with E-state index < -0.39 is 0 Å². The quantitative estimate of drug-likeness (QED) is 0.648. The molecule has 0 bridgehead atoms. The van der Waals surface area contributed by atoms with Crippen LogP contribution in [0.3, 0.4) is 0 Å². The molecule has 4 nitrogen and oxygen atoms in total. The highest BCUT2D eigenvalue weighted by molar-refractivity contribution is 6.35. The van der Waals surface area contributed by atoms with Crippen molar-refractivity contribution in [3.8, 4) is 0 Å².